The number of imidazole rings is 1. The fraction of sp³-hybridized carbons (Fsp3) is 0.214. The predicted octanol–water partition coefficient (Wildman–Crippen LogP) is 2.44. The van der Waals surface area contributed by atoms with E-state index in [0.29, 0.717) is 5.69 Å². The van der Waals surface area contributed by atoms with Gasteiger partial charge in [0.25, 0.3) is 0 Å². The van der Waals surface area contributed by atoms with Crippen molar-refractivity contribution in [1.82, 2.24) is 14.1 Å². The first-order valence-electron chi connectivity index (χ1n) is 6.58. The van der Waals surface area contributed by atoms with Crippen LogP contribution in [0.15, 0.2) is 46.9 Å². The van der Waals surface area contributed by atoms with Crippen molar-refractivity contribution in [2.24, 2.45) is 0 Å². The first-order valence-corrected chi connectivity index (χ1v) is 8.94. The number of hydrogen-bond donors (Lipinski definition) is 1. The van der Waals surface area contributed by atoms with E-state index in [1.807, 2.05) is 41.2 Å². The third-order valence-corrected chi connectivity index (χ3v) is 5.42. The van der Waals surface area contributed by atoms with E-state index in [9.17, 15) is 8.42 Å². The van der Waals surface area contributed by atoms with Crippen molar-refractivity contribution < 1.29 is 8.42 Å². The molecule has 0 radical (unpaired) electrons. The Balaban J connectivity index is 1.74. The van der Waals surface area contributed by atoms with E-state index in [0.717, 1.165) is 16.9 Å². The molecule has 0 spiro atoms. The summed E-state index contributed by atoms with van der Waals surface area (Å²) in [6, 6.07) is 6.93. The third kappa shape index (κ3) is 2.99. The highest BCUT2D eigenvalue weighted by molar-refractivity contribution is 7.89. The molecule has 0 aliphatic carbocycles. The zero-order valence-electron chi connectivity index (χ0n) is 11.5. The second-order valence-corrected chi connectivity index (χ2v) is 7.29. The lowest BCUT2D eigenvalue weighted by Gasteiger charge is -2.06. The van der Waals surface area contributed by atoms with E-state index < -0.39 is 10.0 Å². The molecular weight excluding hydrogens is 306 g/mol. The molecule has 0 fully saturated rings. The van der Waals surface area contributed by atoms with Gasteiger partial charge in [0, 0.05) is 17.8 Å². The molecule has 5 nitrogen and oxygen atoms in total. The predicted molar refractivity (Wildman–Crippen MR) is 82.9 cm³/mol. The fourth-order valence-electron chi connectivity index (χ4n) is 2.02. The Morgan fingerprint density at radius 3 is 2.71 bits per heavy atom. The Hall–Kier alpha value is -1.70. The molecule has 0 aliphatic rings. The summed E-state index contributed by atoms with van der Waals surface area (Å²) in [5.74, 6) is 0. The van der Waals surface area contributed by atoms with Gasteiger partial charge >= 0.3 is 0 Å². The first kappa shape index (κ1) is 14.2. The van der Waals surface area contributed by atoms with Crippen molar-refractivity contribution in [1.29, 1.82) is 0 Å². The highest BCUT2D eigenvalue weighted by Gasteiger charge is 2.14. The molecule has 2 aromatic heterocycles. The van der Waals surface area contributed by atoms with Gasteiger partial charge in [0.15, 0.2) is 4.96 Å². The summed E-state index contributed by atoms with van der Waals surface area (Å²) in [5, 5.41) is 1.94. The molecule has 0 unspecified atom stereocenters. The zero-order valence-corrected chi connectivity index (χ0v) is 13.1. The minimum atomic E-state index is -3.50. The number of nitrogens with zero attached hydrogens (tertiary/aromatic N) is 2. The molecule has 21 heavy (non-hydrogen) atoms. The van der Waals surface area contributed by atoms with Gasteiger partial charge in [-0.2, -0.15) is 0 Å². The van der Waals surface area contributed by atoms with Gasteiger partial charge in [-0.05, 0) is 24.1 Å². The lowest BCUT2D eigenvalue weighted by atomic mass is 10.2. The number of benzene rings is 1. The Morgan fingerprint density at radius 1 is 1.29 bits per heavy atom. The van der Waals surface area contributed by atoms with E-state index in [-0.39, 0.29) is 11.4 Å². The van der Waals surface area contributed by atoms with Crippen LogP contribution < -0.4 is 4.72 Å². The van der Waals surface area contributed by atoms with Crippen LogP contribution in [0.4, 0.5) is 0 Å². The molecule has 0 aliphatic heterocycles. The molecule has 3 aromatic rings. The highest BCUT2D eigenvalue weighted by atomic mass is 32.2. The molecule has 110 valence electrons. The Morgan fingerprint density at radius 2 is 2.05 bits per heavy atom. The van der Waals surface area contributed by atoms with Gasteiger partial charge in [0.2, 0.25) is 10.0 Å². The highest BCUT2D eigenvalue weighted by Crippen LogP contribution is 2.13. The molecule has 0 amide bonds. The number of hydrogen-bond acceptors (Lipinski definition) is 4. The molecule has 1 N–H and O–H groups in total. The van der Waals surface area contributed by atoms with Crippen LogP contribution in [-0.4, -0.2) is 17.8 Å². The van der Waals surface area contributed by atoms with E-state index >= 15 is 0 Å². The molecule has 0 saturated heterocycles. The molecular formula is C14H15N3O2S2. The van der Waals surface area contributed by atoms with Crippen molar-refractivity contribution in [3.63, 3.8) is 0 Å². The van der Waals surface area contributed by atoms with Gasteiger partial charge in [-0.3, -0.25) is 4.40 Å². The van der Waals surface area contributed by atoms with E-state index in [1.54, 1.807) is 12.1 Å². The van der Waals surface area contributed by atoms with Gasteiger partial charge in [0.1, 0.15) is 0 Å². The normalized spacial score (nSPS) is 12.0. The quantitative estimate of drug-likeness (QED) is 0.785. The summed E-state index contributed by atoms with van der Waals surface area (Å²) >= 11 is 1.52. The molecule has 0 bridgehead atoms. The standard InChI is InChI=1S/C14H15N3O2S2/c1-2-11-3-5-13(6-4-11)21(18,19)15-9-12-10-17-7-8-20-14(17)16-12/h3-8,10,15H,2,9H2,1H3. The maximum atomic E-state index is 12.2. The summed E-state index contributed by atoms with van der Waals surface area (Å²) in [7, 11) is -3.50. The minimum absolute atomic E-state index is 0.187. The van der Waals surface area contributed by atoms with Crippen LogP contribution in [0.25, 0.3) is 4.96 Å². The molecule has 0 atom stereocenters. The van der Waals surface area contributed by atoms with Gasteiger partial charge in [-0.15, -0.1) is 11.3 Å². The molecule has 2 heterocycles. The Labute approximate surface area is 127 Å². The molecule has 0 saturated carbocycles. The van der Waals surface area contributed by atoms with Crippen molar-refractivity contribution in [3.8, 4) is 0 Å². The van der Waals surface area contributed by atoms with E-state index in [4.69, 9.17) is 0 Å². The average Bonchev–Trinajstić information content (AvgIpc) is 3.06. The van der Waals surface area contributed by atoms with Gasteiger partial charge in [-0.1, -0.05) is 19.1 Å². The van der Waals surface area contributed by atoms with Crippen LogP contribution >= 0.6 is 11.3 Å². The monoisotopic (exact) mass is 321 g/mol. The summed E-state index contributed by atoms with van der Waals surface area (Å²) in [5.41, 5.74) is 1.82. The number of rotatable bonds is 5. The lowest BCUT2D eigenvalue weighted by molar-refractivity contribution is 0.580. The number of thiazole rings is 1. The zero-order chi connectivity index (χ0) is 14.9. The first-order chi connectivity index (χ1) is 10.1. The van der Waals surface area contributed by atoms with Gasteiger partial charge < -0.3 is 0 Å². The second kappa shape index (κ2) is 5.59. The maximum Gasteiger partial charge on any atom is 0.240 e. The van der Waals surface area contributed by atoms with Gasteiger partial charge in [0.05, 0.1) is 17.1 Å². The number of fused-ring (bicyclic) bond motifs is 1. The smallest absolute Gasteiger partial charge is 0.240 e. The second-order valence-electron chi connectivity index (χ2n) is 4.65. The van der Waals surface area contributed by atoms with Crippen LogP contribution in [0.3, 0.4) is 0 Å². The van der Waals surface area contributed by atoms with Crippen LogP contribution in [0.1, 0.15) is 18.2 Å². The largest absolute Gasteiger partial charge is 0.297 e. The average molecular weight is 321 g/mol. The van der Waals surface area contributed by atoms with Crippen molar-refractivity contribution in [2.75, 3.05) is 0 Å². The van der Waals surface area contributed by atoms with Crippen LogP contribution in [0.2, 0.25) is 0 Å². The number of aromatic nitrogens is 2. The summed E-state index contributed by atoms with van der Waals surface area (Å²) in [4.78, 5) is 5.49. The van der Waals surface area contributed by atoms with Gasteiger partial charge in [-0.25, -0.2) is 18.1 Å². The third-order valence-electron chi connectivity index (χ3n) is 3.23. The molecule has 3 rings (SSSR count). The Kier molecular flexibility index (Phi) is 3.79. The summed E-state index contributed by atoms with van der Waals surface area (Å²) < 4.78 is 28.9. The SMILES string of the molecule is CCc1ccc(S(=O)(=O)NCc2cn3ccsc3n2)cc1. The topological polar surface area (TPSA) is 63.5 Å². The summed E-state index contributed by atoms with van der Waals surface area (Å²) in [6.45, 7) is 2.22. The van der Waals surface area contributed by atoms with E-state index in [2.05, 4.69) is 9.71 Å². The number of nitrogens with one attached hydrogen (secondary N) is 1. The summed E-state index contributed by atoms with van der Waals surface area (Å²) in [6.07, 6.45) is 4.61. The molecule has 7 heteroatoms. The van der Waals surface area contributed by atoms with Crippen LogP contribution in [0.5, 0.6) is 0 Å². The number of sulfonamides is 1. The van der Waals surface area contributed by atoms with Crippen LogP contribution in [-0.2, 0) is 23.0 Å². The van der Waals surface area contributed by atoms with Crippen molar-refractivity contribution in [3.05, 3.63) is 53.3 Å². The number of aryl methyl sites for hydroxylation is 1. The minimum Gasteiger partial charge on any atom is -0.297 e. The Bertz CT molecular complexity index is 819. The van der Waals surface area contributed by atoms with Crippen molar-refractivity contribution >= 4 is 26.3 Å². The van der Waals surface area contributed by atoms with Crippen molar-refractivity contribution in [2.45, 2.75) is 24.8 Å². The fourth-order valence-corrected chi connectivity index (χ4v) is 3.74. The van der Waals surface area contributed by atoms with E-state index in [1.165, 1.54) is 11.3 Å². The lowest BCUT2D eigenvalue weighted by Crippen LogP contribution is -2.23. The van der Waals surface area contributed by atoms with Crippen LogP contribution in [0, 0.1) is 0 Å². The molecule has 1 aromatic carbocycles. The maximum absolute atomic E-state index is 12.2.